The normalized spacial score (nSPS) is 20.5. The largest absolute Gasteiger partial charge is 0.339 e. The van der Waals surface area contributed by atoms with E-state index in [9.17, 15) is 9.59 Å². The Kier molecular flexibility index (Phi) is 8.06. The Morgan fingerprint density at radius 1 is 1.20 bits per heavy atom. The minimum absolute atomic E-state index is 0. The van der Waals surface area contributed by atoms with Gasteiger partial charge in [0.1, 0.15) is 0 Å². The average molecular weight is 384 g/mol. The predicted octanol–water partition coefficient (Wildman–Crippen LogP) is 2.77. The number of nitrogens with zero attached hydrogens (tertiary/aromatic N) is 1. The van der Waals surface area contributed by atoms with E-state index in [4.69, 9.17) is 0 Å². The highest BCUT2D eigenvalue weighted by atomic mass is 35.5. The van der Waals surface area contributed by atoms with Crippen molar-refractivity contribution >= 4 is 41.7 Å². The van der Waals surface area contributed by atoms with Crippen LogP contribution in [0, 0.1) is 0 Å². The quantitative estimate of drug-likeness (QED) is 0.839. The number of piperidine rings is 1. The van der Waals surface area contributed by atoms with Gasteiger partial charge in [0.15, 0.2) is 0 Å². The summed E-state index contributed by atoms with van der Waals surface area (Å²) >= 11 is 1.87. The van der Waals surface area contributed by atoms with Crippen LogP contribution in [0.25, 0.3) is 0 Å². The van der Waals surface area contributed by atoms with Crippen molar-refractivity contribution in [1.82, 2.24) is 10.2 Å². The molecule has 1 aromatic carbocycles. The average Bonchev–Trinajstić information content (AvgIpc) is 2.63. The molecule has 0 saturated carbocycles. The number of hydrogen-bond acceptors (Lipinski definition) is 4. The zero-order valence-electron chi connectivity index (χ0n) is 14.3. The number of thioether (sulfide) groups is 1. The zero-order chi connectivity index (χ0) is 16.8. The molecule has 0 radical (unpaired) electrons. The van der Waals surface area contributed by atoms with Gasteiger partial charge in [-0.1, -0.05) is 12.1 Å². The summed E-state index contributed by atoms with van der Waals surface area (Å²) in [6.07, 6.45) is 3.75. The lowest BCUT2D eigenvalue weighted by Crippen LogP contribution is -2.40. The number of carbonyl (C=O) groups is 2. The van der Waals surface area contributed by atoms with Gasteiger partial charge in [0.2, 0.25) is 5.91 Å². The van der Waals surface area contributed by atoms with Crippen LogP contribution in [0.2, 0.25) is 0 Å². The number of likely N-dealkylation sites (tertiary alicyclic amines) is 1. The van der Waals surface area contributed by atoms with Crippen molar-refractivity contribution in [3.63, 3.8) is 0 Å². The third kappa shape index (κ3) is 5.62. The SMILES string of the molecule is Cl.O=C(CC1CSCCN1)Nc1ccccc1C(=O)N1CCCCC1. The first-order chi connectivity index (χ1) is 11.7. The molecular weight excluding hydrogens is 358 g/mol. The Balaban J connectivity index is 0.00000225. The van der Waals surface area contributed by atoms with Crippen molar-refractivity contribution in [2.45, 2.75) is 31.7 Å². The second-order valence-corrected chi connectivity index (χ2v) is 7.53. The maximum absolute atomic E-state index is 12.8. The first-order valence-electron chi connectivity index (χ1n) is 8.73. The van der Waals surface area contributed by atoms with Crippen LogP contribution < -0.4 is 10.6 Å². The first kappa shape index (κ1) is 20.1. The number of nitrogens with one attached hydrogen (secondary N) is 2. The molecule has 2 fully saturated rings. The summed E-state index contributed by atoms with van der Waals surface area (Å²) in [7, 11) is 0. The number of anilines is 1. The molecule has 0 bridgehead atoms. The summed E-state index contributed by atoms with van der Waals surface area (Å²) in [6.45, 7) is 2.57. The minimum Gasteiger partial charge on any atom is -0.339 e. The third-order valence-corrected chi connectivity index (χ3v) is 5.64. The van der Waals surface area contributed by atoms with Crippen LogP contribution in [0.3, 0.4) is 0 Å². The Labute approximate surface area is 159 Å². The Morgan fingerprint density at radius 2 is 1.96 bits per heavy atom. The van der Waals surface area contributed by atoms with Crippen molar-refractivity contribution in [1.29, 1.82) is 0 Å². The summed E-state index contributed by atoms with van der Waals surface area (Å²) < 4.78 is 0. The number of halogens is 1. The molecule has 0 aliphatic carbocycles. The second-order valence-electron chi connectivity index (χ2n) is 6.38. The second kappa shape index (κ2) is 10.0. The van der Waals surface area contributed by atoms with Gasteiger partial charge in [-0.25, -0.2) is 0 Å². The molecule has 2 amide bonds. The van der Waals surface area contributed by atoms with Gasteiger partial charge < -0.3 is 15.5 Å². The molecule has 0 aromatic heterocycles. The molecule has 1 unspecified atom stereocenters. The number of rotatable bonds is 4. The van der Waals surface area contributed by atoms with Crippen LogP contribution in [0.1, 0.15) is 36.0 Å². The van der Waals surface area contributed by atoms with E-state index in [0.29, 0.717) is 17.7 Å². The van der Waals surface area contributed by atoms with Gasteiger partial charge in [0.25, 0.3) is 5.91 Å². The summed E-state index contributed by atoms with van der Waals surface area (Å²) in [5.74, 6) is 2.05. The summed E-state index contributed by atoms with van der Waals surface area (Å²) in [5.41, 5.74) is 1.22. The van der Waals surface area contributed by atoms with Crippen LogP contribution in [0.4, 0.5) is 5.69 Å². The van der Waals surface area contributed by atoms with Gasteiger partial charge in [-0.15, -0.1) is 12.4 Å². The summed E-state index contributed by atoms with van der Waals surface area (Å²) in [4.78, 5) is 27.0. The number of hydrogen-bond donors (Lipinski definition) is 2. The lowest BCUT2D eigenvalue weighted by atomic mass is 10.1. The van der Waals surface area contributed by atoms with Gasteiger partial charge in [0, 0.05) is 43.6 Å². The van der Waals surface area contributed by atoms with Crippen LogP contribution >= 0.6 is 24.2 Å². The van der Waals surface area contributed by atoms with Crippen LogP contribution in [0.5, 0.6) is 0 Å². The molecule has 2 aliphatic heterocycles. The van der Waals surface area contributed by atoms with Gasteiger partial charge in [-0.3, -0.25) is 9.59 Å². The number of amides is 2. The van der Waals surface area contributed by atoms with E-state index in [1.807, 2.05) is 34.9 Å². The van der Waals surface area contributed by atoms with Crippen LogP contribution in [0.15, 0.2) is 24.3 Å². The monoisotopic (exact) mass is 383 g/mol. The molecular formula is C18H26ClN3O2S. The smallest absolute Gasteiger partial charge is 0.255 e. The maximum Gasteiger partial charge on any atom is 0.255 e. The van der Waals surface area contributed by atoms with E-state index >= 15 is 0 Å². The molecule has 5 nitrogen and oxygen atoms in total. The van der Waals surface area contributed by atoms with E-state index < -0.39 is 0 Å². The maximum atomic E-state index is 12.8. The molecule has 3 rings (SSSR count). The molecule has 2 heterocycles. The van der Waals surface area contributed by atoms with Crippen molar-refractivity contribution in [3.05, 3.63) is 29.8 Å². The van der Waals surface area contributed by atoms with E-state index in [1.54, 1.807) is 6.07 Å². The van der Waals surface area contributed by atoms with Crippen molar-refractivity contribution in [2.75, 3.05) is 36.5 Å². The highest BCUT2D eigenvalue weighted by molar-refractivity contribution is 7.99. The van der Waals surface area contributed by atoms with Crippen LogP contribution in [-0.2, 0) is 4.79 Å². The van der Waals surface area contributed by atoms with Crippen molar-refractivity contribution < 1.29 is 9.59 Å². The molecule has 138 valence electrons. The standard InChI is InChI=1S/C18H25N3O2S.ClH/c22-17(12-14-13-24-11-8-19-14)20-16-7-3-2-6-15(16)18(23)21-9-4-1-5-10-21;/h2-3,6-7,14,19H,1,4-5,8-13H2,(H,20,22);1H. The summed E-state index contributed by atoms with van der Waals surface area (Å²) in [5, 5.41) is 6.31. The predicted molar refractivity (Wildman–Crippen MR) is 106 cm³/mol. The van der Waals surface area contributed by atoms with E-state index in [1.165, 1.54) is 6.42 Å². The number of para-hydroxylation sites is 1. The Bertz CT molecular complexity index is 587. The van der Waals surface area contributed by atoms with E-state index in [-0.39, 0.29) is 30.3 Å². The van der Waals surface area contributed by atoms with Gasteiger partial charge >= 0.3 is 0 Å². The molecule has 2 N–H and O–H groups in total. The highest BCUT2D eigenvalue weighted by Gasteiger charge is 2.22. The fraction of sp³-hybridized carbons (Fsp3) is 0.556. The highest BCUT2D eigenvalue weighted by Crippen LogP contribution is 2.20. The molecule has 2 saturated heterocycles. The van der Waals surface area contributed by atoms with E-state index in [0.717, 1.165) is 44.0 Å². The molecule has 7 heteroatoms. The van der Waals surface area contributed by atoms with Gasteiger partial charge in [0.05, 0.1) is 11.3 Å². The van der Waals surface area contributed by atoms with E-state index in [2.05, 4.69) is 10.6 Å². The van der Waals surface area contributed by atoms with Crippen LogP contribution in [-0.4, -0.2) is 53.9 Å². The number of benzene rings is 1. The number of carbonyl (C=O) groups excluding carboxylic acids is 2. The fourth-order valence-corrected chi connectivity index (χ4v) is 4.17. The lowest BCUT2D eigenvalue weighted by molar-refractivity contribution is -0.116. The Hall–Kier alpha value is -1.24. The lowest BCUT2D eigenvalue weighted by Gasteiger charge is -2.27. The molecule has 0 spiro atoms. The zero-order valence-corrected chi connectivity index (χ0v) is 16.0. The molecule has 1 aromatic rings. The van der Waals surface area contributed by atoms with Crippen molar-refractivity contribution in [2.24, 2.45) is 0 Å². The molecule has 2 aliphatic rings. The van der Waals surface area contributed by atoms with Crippen molar-refractivity contribution in [3.8, 4) is 0 Å². The topological polar surface area (TPSA) is 61.4 Å². The fourth-order valence-electron chi connectivity index (χ4n) is 3.22. The minimum atomic E-state index is -0.0334. The summed E-state index contributed by atoms with van der Waals surface area (Å²) in [6, 6.07) is 7.55. The Morgan fingerprint density at radius 3 is 2.68 bits per heavy atom. The first-order valence-corrected chi connectivity index (χ1v) is 9.89. The van der Waals surface area contributed by atoms with Gasteiger partial charge in [-0.2, -0.15) is 11.8 Å². The molecule has 25 heavy (non-hydrogen) atoms. The molecule has 1 atom stereocenters. The van der Waals surface area contributed by atoms with Gasteiger partial charge in [-0.05, 0) is 31.4 Å². The third-order valence-electron chi connectivity index (χ3n) is 4.51.